The number of aliphatic hydroxyl groups excluding tert-OH is 13. The van der Waals surface area contributed by atoms with Crippen molar-refractivity contribution < 1.29 is 119 Å². The summed E-state index contributed by atoms with van der Waals surface area (Å²) in [6.07, 6.45) is -25.4. The number of aliphatic hydroxyl groups is 13. The van der Waals surface area contributed by atoms with Gasteiger partial charge in [-0.05, 0) is 99.7 Å². The molecule has 8 aliphatic rings. The van der Waals surface area contributed by atoms with Gasteiger partial charge in [-0.2, -0.15) is 0 Å². The van der Waals surface area contributed by atoms with Gasteiger partial charge in [0.25, 0.3) is 0 Å². The maximum absolute atomic E-state index is 13.5. The molecule has 29 unspecified atom stereocenters. The SMILES string of the molecule is CC(=O)C1C(OC(=O)CCC(C)COC2OC(CO)C(O)C(O)C2O)CC2C3CC=C4CC(OC5OC(CO)C(O)C(OC6OC(C)C(O)C(O)C6O)C5OC5OC(CO)C(O)C(O)C5O)CCC4(C)C3CCC21C. The lowest BCUT2D eigenvalue weighted by atomic mass is 9.47. The second-order valence-electron chi connectivity index (χ2n) is 23.1. The Labute approximate surface area is 435 Å². The van der Waals surface area contributed by atoms with Gasteiger partial charge in [-0.1, -0.05) is 32.4 Å². The molecule has 4 aliphatic heterocycles. The van der Waals surface area contributed by atoms with E-state index in [1.807, 2.05) is 6.92 Å². The van der Waals surface area contributed by atoms with Crippen LogP contribution in [0, 0.1) is 40.4 Å². The van der Waals surface area contributed by atoms with Crippen molar-refractivity contribution in [3.63, 3.8) is 0 Å². The molecule has 0 aromatic heterocycles. The fourth-order valence-corrected chi connectivity index (χ4v) is 14.0. The minimum Gasteiger partial charge on any atom is -0.462 e. The van der Waals surface area contributed by atoms with Crippen molar-refractivity contribution in [1.82, 2.24) is 0 Å². The molecule has 7 fully saturated rings. The van der Waals surface area contributed by atoms with Crippen LogP contribution in [0.25, 0.3) is 0 Å². The lowest BCUT2D eigenvalue weighted by Gasteiger charge is -2.58. The molecular weight excluding hydrogens is 997 g/mol. The zero-order chi connectivity index (χ0) is 54.6. The third kappa shape index (κ3) is 11.5. The van der Waals surface area contributed by atoms with E-state index in [0.717, 1.165) is 18.4 Å². The van der Waals surface area contributed by atoms with Crippen molar-refractivity contribution in [2.24, 2.45) is 40.4 Å². The summed E-state index contributed by atoms with van der Waals surface area (Å²) in [5.74, 6) is -0.765. The van der Waals surface area contributed by atoms with Crippen molar-refractivity contribution in [2.75, 3.05) is 26.4 Å². The molecule has 13 N–H and O–H groups in total. The Bertz CT molecular complexity index is 1960. The molecule has 3 saturated carbocycles. The minimum absolute atomic E-state index is 0.0368. The molecule has 4 aliphatic carbocycles. The molecule has 430 valence electrons. The third-order valence-electron chi connectivity index (χ3n) is 18.4. The Morgan fingerprint density at radius 1 is 0.667 bits per heavy atom. The van der Waals surface area contributed by atoms with E-state index in [1.54, 1.807) is 6.92 Å². The van der Waals surface area contributed by atoms with Gasteiger partial charge in [0.05, 0.1) is 44.6 Å². The van der Waals surface area contributed by atoms with E-state index in [1.165, 1.54) is 6.92 Å². The lowest BCUT2D eigenvalue weighted by Crippen LogP contribution is -2.67. The molecule has 24 heteroatoms. The van der Waals surface area contributed by atoms with E-state index in [9.17, 15) is 76.0 Å². The number of allylic oxidation sites excluding steroid dienone is 1. The Morgan fingerprint density at radius 2 is 1.23 bits per heavy atom. The van der Waals surface area contributed by atoms with Crippen LogP contribution in [0.4, 0.5) is 0 Å². The molecule has 0 aromatic rings. The summed E-state index contributed by atoms with van der Waals surface area (Å²) in [5.41, 5.74) is 0.428. The average Bonchev–Trinajstić information content (AvgIpc) is 3.72. The molecule has 0 amide bonds. The predicted molar refractivity (Wildman–Crippen MR) is 252 cm³/mol. The Morgan fingerprint density at radius 3 is 1.85 bits per heavy atom. The number of ketones is 1. The standard InChI is InChI=1S/C51H82O24/c1-20(19-67-46-41(64)39(62)35(58)29(16-52)71-46)6-9-32(56)70-28-15-27-25-8-7-23-14-24(10-12-50(23,4)26(25)11-13-51(27,5)33(28)21(2)55)69-49-45(75-48-43(66)40(63)36(59)30(17-53)72-48)44(37(60)31(18-54)73-49)74-47-42(65)38(61)34(57)22(3)68-47/h7,20,22,24-31,33-49,52-54,57-66H,6,8-19H2,1-5H3. The largest absolute Gasteiger partial charge is 0.462 e. The second kappa shape index (κ2) is 24.0. The highest BCUT2D eigenvalue weighted by molar-refractivity contribution is 5.81. The van der Waals surface area contributed by atoms with Crippen LogP contribution < -0.4 is 0 Å². The fourth-order valence-electron chi connectivity index (χ4n) is 14.0. The first kappa shape index (κ1) is 59.2. The fraction of sp³-hybridized carbons (Fsp3) is 0.922. The van der Waals surface area contributed by atoms with Crippen LogP contribution in [-0.4, -0.2) is 240 Å². The maximum atomic E-state index is 13.5. The van der Waals surface area contributed by atoms with Gasteiger partial charge in [0.1, 0.15) is 103 Å². The zero-order valence-corrected chi connectivity index (χ0v) is 43.2. The van der Waals surface area contributed by atoms with Crippen LogP contribution >= 0.6 is 0 Å². The van der Waals surface area contributed by atoms with Crippen molar-refractivity contribution >= 4 is 11.8 Å². The summed E-state index contributed by atoms with van der Waals surface area (Å²) < 4.78 is 53.9. The van der Waals surface area contributed by atoms with Crippen LogP contribution in [0.15, 0.2) is 11.6 Å². The number of rotatable bonds is 17. The predicted octanol–water partition coefficient (Wildman–Crippen LogP) is -3.23. The van der Waals surface area contributed by atoms with Gasteiger partial charge in [0, 0.05) is 6.42 Å². The molecule has 4 saturated heterocycles. The number of carbonyl (C=O) groups is 2. The summed E-state index contributed by atoms with van der Waals surface area (Å²) in [7, 11) is 0. The Hall–Kier alpha value is -1.96. The van der Waals surface area contributed by atoms with Gasteiger partial charge in [-0.3, -0.25) is 9.59 Å². The summed E-state index contributed by atoms with van der Waals surface area (Å²) in [4.78, 5) is 27.1. The minimum atomic E-state index is -1.90. The number of ether oxygens (including phenoxy) is 9. The number of Topliss-reactive ketones (excluding diaryl/α,β-unsaturated/α-hetero) is 1. The van der Waals surface area contributed by atoms with Gasteiger partial charge >= 0.3 is 5.97 Å². The van der Waals surface area contributed by atoms with E-state index < -0.39 is 172 Å². The van der Waals surface area contributed by atoms with Crippen molar-refractivity contribution in [1.29, 1.82) is 0 Å². The lowest BCUT2D eigenvalue weighted by molar-refractivity contribution is -0.394. The quantitative estimate of drug-likeness (QED) is 0.0503. The molecule has 8 rings (SSSR count). The molecule has 4 heterocycles. The van der Waals surface area contributed by atoms with Crippen LogP contribution in [0.5, 0.6) is 0 Å². The Kier molecular flexibility index (Phi) is 18.9. The first-order valence-corrected chi connectivity index (χ1v) is 26.7. The zero-order valence-electron chi connectivity index (χ0n) is 43.2. The van der Waals surface area contributed by atoms with Crippen LogP contribution in [0.2, 0.25) is 0 Å². The molecule has 24 nitrogen and oxygen atoms in total. The van der Waals surface area contributed by atoms with Crippen LogP contribution in [0.3, 0.4) is 0 Å². The first-order valence-electron chi connectivity index (χ1n) is 26.7. The summed E-state index contributed by atoms with van der Waals surface area (Å²) in [6, 6.07) is 0. The Balaban J connectivity index is 0.944. The number of carbonyl (C=O) groups excluding carboxylic acids is 2. The van der Waals surface area contributed by atoms with Gasteiger partial charge in [0.15, 0.2) is 25.2 Å². The summed E-state index contributed by atoms with van der Waals surface area (Å²) in [5, 5.41) is 136. The molecule has 75 heavy (non-hydrogen) atoms. The number of hydrogen-bond donors (Lipinski definition) is 13. The van der Waals surface area contributed by atoms with E-state index in [4.69, 9.17) is 42.6 Å². The van der Waals surface area contributed by atoms with E-state index in [0.29, 0.717) is 38.5 Å². The molecule has 0 spiro atoms. The number of fused-ring (bicyclic) bond motifs is 5. The average molecular weight is 1080 g/mol. The van der Waals surface area contributed by atoms with Crippen LogP contribution in [0.1, 0.15) is 92.4 Å². The first-order chi connectivity index (χ1) is 35.5. The number of esters is 1. The summed E-state index contributed by atoms with van der Waals surface area (Å²) >= 11 is 0. The molecule has 0 aromatic carbocycles. The normalized spacial score (nSPS) is 50.5. The highest BCUT2D eigenvalue weighted by Gasteiger charge is 2.64. The second-order valence-corrected chi connectivity index (χ2v) is 23.1. The van der Waals surface area contributed by atoms with Crippen molar-refractivity contribution in [3.8, 4) is 0 Å². The van der Waals surface area contributed by atoms with Gasteiger partial charge in [-0.15, -0.1) is 0 Å². The van der Waals surface area contributed by atoms with Gasteiger partial charge in [0.2, 0.25) is 0 Å². The topological polar surface area (TPSA) is 380 Å². The highest BCUT2D eigenvalue weighted by atomic mass is 16.8. The van der Waals surface area contributed by atoms with Crippen molar-refractivity contribution in [3.05, 3.63) is 11.6 Å². The van der Waals surface area contributed by atoms with Crippen LogP contribution in [-0.2, 0) is 52.2 Å². The summed E-state index contributed by atoms with van der Waals surface area (Å²) in [6.45, 7) is 7.15. The number of hydrogen-bond acceptors (Lipinski definition) is 24. The maximum Gasteiger partial charge on any atom is 0.306 e. The smallest absolute Gasteiger partial charge is 0.306 e. The molecule has 0 radical (unpaired) electrons. The molecular formula is C51H82O24. The third-order valence-corrected chi connectivity index (χ3v) is 18.4. The van der Waals surface area contributed by atoms with Gasteiger partial charge in [-0.25, -0.2) is 0 Å². The van der Waals surface area contributed by atoms with E-state index in [2.05, 4.69) is 19.9 Å². The van der Waals surface area contributed by atoms with Crippen molar-refractivity contribution in [2.45, 2.75) is 227 Å². The highest BCUT2D eigenvalue weighted by Crippen LogP contribution is 2.67. The molecule has 29 atom stereocenters. The van der Waals surface area contributed by atoms with E-state index >= 15 is 0 Å². The monoisotopic (exact) mass is 1080 g/mol. The molecule has 0 bridgehead atoms. The van der Waals surface area contributed by atoms with E-state index in [-0.39, 0.29) is 47.9 Å². The van der Waals surface area contributed by atoms with Gasteiger partial charge < -0.3 is 109 Å².